The van der Waals surface area contributed by atoms with Crippen molar-refractivity contribution in [3.8, 4) is 0 Å². The third kappa shape index (κ3) is 5.56. The molecule has 5 aliphatic rings. The molecule has 0 aromatic heterocycles. The number of anilines is 1. The molecule has 188 valence electrons. The van der Waals surface area contributed by atoms with Crippen molar-refractivity contribution in [3.05, 3.63) is 29.8 Å². The molecule has 1 saturated heterocycles. The third-order valence-corrected chi connectivity index (χ3v) is 9.16. The Morgan fingerprint density at radius 1 is 1.21 bits per heavy atom. The van der Waals surface area contributed by atoms with Gasteiger partial charge in [-0.25, -0.2) is 8.78 Å². The predicted molar refractivity (Wildman–Crippen MR) is 138 cm³/mol. The Hall–Kier alpha value is -1.34. The smallest absolute Gasteiger partial charge is 0.263 e. The third-order valence-electron chi connectivity index (χ3n) is 8.03. The molecule has 5 fully saturated rings. The van der Waals surface area contributed by atoms with Gasteiger partial charge in [0.25, 0.3) is 6.43 Å². The Kier molecular flexibility index (Phi) is 8.13. The number of benzene rings is 1. The van der Waals surface area contributed by atoms with Crippen molar-refractivity contribution >= 4 is 40.9 Å². The maximum absolute atomic E-state index is 13.0. The lowest BCUT2D eigenvalue weighted by molar-refractivity contribution is -0.116. The molecule has 1 N–H and O–H groups in total. The quantitative estimate of drug-likeness (QED) is 0.412. The van der Waals surface area contributed by atoms with Crippen LogP contribution in [0.3, 0.4) is 0 Å². The van der Waals surface area contributed by atoms with Crippen molar-refractivity contribution in [2.75, 3.05) is 17.6 Å². The van der Waals surface area contributed by atoms with E-state index in [9.17, 15) is 13.6 Å². The highest BCUT2D eigenvalue weighted by Crippen LogP contribution is 2.57. The molecule has 1 amide bonds. The lowest BCUT2D eigenvalue weighted by atomic mass is 9.53. The number of halogens is 3. The van der Waals surface area contributed by atoms with Crippen LogP contribution in [0.1, 0.15) is 76.7 Å². The number of rotatable bonds is 8. The van der Waals surface area contributed by atoms with Gasteiger partial charge in [0.05, 0.1) is 5.54 Å². The van der Waals surface area contributed by atoms with Crippen molar-refractivity contribution in [1.29, 1.82) is 0 Å². The fourth-order valence-electron chi connectivity index (χ4n) is 6.96. The van der Waals surface area contributed by atoms with E-state index < -0.39 is 6.43 Å². The van der Waals surface area contributed by atoms with Crippen molar-refractivity contribution in [2.45, 2.75) is 82.7 Å². The van der Waals surface area contributed by atoms with Gasteiger partial charge in [0.15, 0.2) is 5.17 Å². The minimum absolute atomic E-state index is 0. The van der Waals surface area contributed by atoms with Crippen LogP contribution in [0, 0.1) is 17.8 Å². The lowest BCUT2D eigenvalue weighted by Crippen LogP contribution is -2.50. The van der Waals surface area contributed by atoms with Gasteiger partial charge in [0.1, 0.15) is 0 Å². The molecule has 4 saturated carbocycles. The molecule has 1 aromatic carbocycles. The van der Waals surface area contributed by atoms with Crippen LogP contribution in [0.4, 0.5) is 14.5 Å². The number of nitrogens with zero attached hydrogens (tertiary/aromatic N) is 2. The van der Waals surface area contributed by atoms with Gasteiger partial charge < -0.3 is 10.2 Å². The first-order valence-electron chi connectivity index (χ1n) is 12.6. The molecule has 0 radical (unpaired) electrons. The summed E-state index contributed by atoms with van der Waals surface area (Å²) < 4.78 is 26.0. The highest BCUT2D eigenvalue weighted by atomic mass is 35.5. The van der Waals surface area contributed by atoms with Crippen LogP contribution >= 0.6 is 24.2 Å². The summed E-state index contributed by atoms with van der Waals surface area (Å²) in [6.45, 7) is 3.12. The highest BCUT2D eigenvalue weighted by Gasteiger charge is 2.51. The topological polar surface area (TPSA) is 44.7 Å². The standard InChI is InChI=1S/C26H35F2N3OS.ClH/c1-2-3-7-31-22(12-23(32)29-21-6-4-5-20(11-21)24(27)28)16-33-25(31)30-26-13-17-8-18(14-26)10-19(9-17)15-26;/h4-6,11,17-19,22,24H,2-3,7-10,12-16H2,1H3,(H,29,32);1H. The first-order valence-corrected chi connectivity index (χ1v) is 13.6. The average Bonchev–Trinajstić information content (AvgIpc) is 3.11. The fourth-order valence-corrected chi connectivity index (χ4v) is 8.26. The van der Waals surface area contributed by atoms with Crippen LogP contribution < -0.4 is 5.32 Å². The van der Waals surface area contributed by atoms with Crippen LogP contribution in [0.15, 0.2) is 29.3 Å². The number of alkyl halides is 2. The van der Waals surface area contributed by atoms with Crippen molar-refractivity contribution in [3.63, 3.8) is 0 Å². The zero-order valence-electron chi connectivity index (χ0n) is 19.8. The van der Waals surface area contributed by atoms with Crippen LogP contribution in [0.5, 0.6) is 0 Å². The molecule has 1 atom stereocenters. The molecule has 1 heterocycles. The number of thioether (sulfide) groups is 1. The number of nitrogens with one attached hydrogen (secondary N) is 1. The SMILES string of the molecule is CCCCN1C(=NC23CC4CC(CC(C4)C2)C3)SCC1CC(=O)Nc1cccc(C(F)F)c1.Cl. The zero-order chi connectivity index (χ0) is 23.0. The highest BCUT2D eigenvalue weighted by molar-refractivity contribution is 8.14. The molecule has 4 aliphatic carbocycles. The number of carbonyl (C=O) groups excluding carboxylic acids is 1. The molecule has 0 spiro atoms. The Labute approximate surface area is 212 Å². The minimum Gasteiger partial charge on any atom is -0.347 e. The Morgan fingerprint density at radius 2 is 1.88 bits per heavy atom. The largest absolute Gasteiger partial charge is 0.347 e. The van der Waals surface area contributed by atoms with E-state index in [0.717, 1.165) is 48.1 Å². The van der Waals surface area contributed by atoms with Gasteiger partial charge >= 0.3 is 0 Å². The lowest BCUT2D eigenvalue weighted by Gasteiger charge is -2.55. The molecule has 1 aromatic rings. The van der Waals surface area contributed by atoms with Gasteiger partial charge in [-0.3, -0.25) is 9.79 Å². The Bertz CT molecular complexity index is 877. The summed E-state index contributed by atoms with van der Waals surface area (Å²) >= 11 is 1.81. The second kappa shape index (κ2) is 10.7. The summed E-state index contributed by atoms with van der Waals surface area (Å²) in [4.78, 5) is 20.7. The van der Waals surface area contributed by atoms with Crippen LogP contribution in [-0.4, -0.2) is 39.9 Å². The number of aliphatic imine (C=N–C) groups is 1. The molecule has 6 rings (SSSR count). The summed E-state index contributed by atoms with van der Waals surface area (Å²) in [5, 5.41) is 3.98. The van der Waals surface area contributed by atoms with Gasteiger partial charge in [-0.05, 0) is 74.8 Å². The molecule has 1 unspecified atom stereocenters. The number of hydrogen-bond acceptors (Lipinski definition) is 3. The summed E-state index contributed by atoms with van der Waals surface area (Å²) in [6.07, 6.45) is 7.96. The van der Waals surface area contributed by atoms with E-state index in [1.165, 1.54) is 50.7 Å². The number of unbranched alkanes of at least 4 members (excludes halogenated alkanes) is 1. The molecule has 4 bridgehead atoms. The second-order valence-corrected chi connectivity index (χ2v) is 11.7. The maximum atomic E-state index is 13.0. The van der Waals surface area contributed by atoms with E-state index in [1.807, 2.05) is 11.8 Å². The fraction of sp³-hybridized carbons (Fsp3) is 0.692. The van der Waals surface area contributed by atoms with Gasteiger partial charge in [0.2, 0.25) is 5.91 Å². The summed E-state index contributed by atoms with van der Waals surface area (Å²) in [5.74, 6) is 3.33. The molecular formula is C26H36ClF2N3OS. The summed E-state index contributed by atoms with van der Waals surface area (Å²) in [7, 11) is 0. The molecule has 8 heteroatoms. The normalized spacial score (nSPS) is 32.9. The monoisotopic (exact) mass is 511 g/mol. The maximum Gasteiger partial charge on any atom is 0.263 e. The molecule has 4 nitrogen and oxygen atoms in total. The molecular weight excluding hydrogens is 476 g/mol. The first-order chi connectivity index (χ1) is 15.9. The van der Waals surface area contributed by atoms with Crippen molar-refractivity contribution in [1.82, 2.24) is 4.90 Å². The second-order valence-electron chi connectivity index (χ2n) is 10.7. The van der Waals surface area contributed by atoms with Gasteiger partial charge in [0, 0.05) is 36.0 Å². The number of amides is 1. The first kappa shape index (κ1) is 25.7. The van der Waals surface area contributed by atoms with Gasteiger partial charge in [-0.1, -0.05) is 37.2 Å². The Morgan fingerprint density at radius 3 is 2.50 bits per heavy atom. The molecule has 34 heavy (non-hydrogen) atoms. The van der Waals surface area contributed by atoms with E-state index in [-0.39, 0.29) is 35.5 Å². The minimum atomic E-state index is -2.54. The summed E-state index contributed by atoms with van der Waals surface area (Å²) in [5.41, 5.74) is 0.499. The number of amidine groups is 1. The van der Waals surface area contributed by atoms with Crippen LogP contribution in [-0.2, 0) is 4.79 Å². The Balaban J connectivity index is 0.00000274. The van der Waals surface area contributed by atoms with E-state index in [0.29, 0.717) is 12.1 Å². The van der Waals surface area contributed by atoms with Gasteiger partial charge in [-0.2, -0.15) is 0 Å². The van der Waals surface area contributed by atoms with Crippen LogP contribution in [0.25, 0.3) is 0 Å². The van der Waals surface area contributed by atoms with E-state index in [1.54, 1.807) is 12.1 Å². The molecule has 1 aliphatic heterocycles. The number of carbonyl (C=O) groups is 1. The number of hydrogen-bond donors (Lipinski definition) is 1. The summed E-state index contributed by atoms with van der Waals surface area (Å²) in [6, 6.07) is 6.08. The van der Waals surface area contributed by atoms with E-state index in [2.05, 4.69) is 17.1 Å². The van der Waals surface area contributed by atoms with Crippen LogP contribution in [0.2, 0.25) is 0 Å². The predicted octanol–water partition coefficient (Wildman–Crippen LogP) is 6.92. The van der Waals surface area contributed by atoms with E-state index in [4.69, 9.17) is 4.99 Å². The van der Waals surface area contributed by atoms with E-state index >= 15 is 0 Å². The van der Waals surface area contributed by atoms with Crippen molar-refractivity contribution < 1.29 is 13.6 Å². The zero-order valence-corrected chi connectivity index (χ0v) is 21.5. The van der Waals surface area contributed by atoms with Crippen molar-refractivity contribution in [2.24, 2.45) is 22.7 Å². The average molecular weight is 512 g/mol. The van der Waals surface area contributed by atoms with Gasteiger partial charge in [-0.15, -0.1) is 12.4 Å².